The van der Waals surface area contributed by atoms with Crippen LogP contribution in [0, 0.1) is 10.1 Å². The van der Waals surface area contributed by atoms with Crippen molar-refractivity contribution in [1.29, 1.82) is 0 Å². The first-order valence-electron chi connectivity index (χ1n) is 7.19. The number of nitro groups is 1. The number of nitrogens with one attached hydrogen (secondary N) is 1. The van der Waals surface area contributed by atoms with Gasteiger partial charge in [0.1, 0.15) is 11.9 Å². The second kappa shape index (κ2) is 7.55. The SMILES string of the molecule is CN(C)CC(=O)Nc1ccc(OCc2ncc([N+](=O)[O-])n2C)cc1. The van der Waals surface area contributed by atoms with Crippen LogP contribution >= 0.6 is 0 Å². The number of carbonyl (C=O) groups excluding carboxylic acids is 1. The lowest BCUT2D eigenvalue weighted by Gasteiger charge is -2.10. The van der Waals surface area contributed by atoms with Gasteiger partial charge in [-0.3, -0.25) is 4.79 Å². The summed E-state index contributed by atoms with van der Waals surface area (Å²) >= 11 is 0. The molecule has 0 radical (unpaired) electrons. The number of anilines is 1. The molecule has 0 aliphatic carbocycles. The molecule has 0 fully saturated rings. The predicted octanol–water partition coefficient (Wildman–Crippen LogP) is 1.41. The van der Waals surface area contributed by atoms with Gasteiger partial charge in [0.2, 0.25) is 11.7 Å². The highest BCUT2D eigenvalue weighted by Gasteiger charge is 2.16. The Morgan fingerprint density at radius 3 is 2.58 bits per heavy atom. The molecule has 9 nitrogen and oxygen atoms in total. The Morgan fingerprint density at radius 1 is 1.38 bits per heavy atom. The number of hydrogen-bond acceptors (Lipinski definition) is 6. The van der Waals surface area contributed by atoms with Gasteiger partial charge in [-0.25, -0.2) is 9.55 Å². The maximum absolute atomic E-state index is 11.7. The Bertz CT molecular complexity index is 724. The van der Waals surface area contributed by atoms with Gasteiger partial charge in [-0.1, -0.05) is 0 Å². The van der Waals surface area contributed by atoms with Crippen LogP contribution in [-0.4, -0.2) is 45.9 Å². The van der Waals surface area contributed by atoms with E-state index in [1.165, 1.54) is 10.8 Å². The first-order valence-corrected chi connectivity index (χ1v) is 7.19. The van der Waals surface area contributed by atoms with Gasteiger partial charge in [0.25, 0.3) is 0 Å². The molecule has 0 saturated heterocycles. The van der Waals surface area contributed by atoms with E-state index in [0.717, 1.165) is 0 Å². The van der Waals surface area contributed by atoms with E-state index in [1.54, 1.807) is 36.2 Å². The van der Waals surface area contributed by atoms with E-state index in [4.69, 9.17) is 4.74 Å². The number of benzene rings is 1. The fourth-order valence-corrected chi connectivity index (χ4v) is 2.01. The van der Waals surface area contributed by atoms with E-state index in [2.05, 4.69) is 10.3 Å². The number of likely N-dealkylation sites (N-methyl/N-ethyl adjacent to an activating group) is 1. The molecule has 9 heteroatoms. The van der Waals surface area contributed by atoms with E-state index in [9.17, 15) is 14.9 Å². The molecule has 1 heterocycles. The van der Waals surface area contributed by atoms with E-state index in [1.807, 2.05) is 14.1 Å². The van der Waals surface area contributed by atoms with Crippen molar-refractivity contribution < 1.29 is 14.5 Å². The Morgan fingerprint density at radius 2 is 2.04 bits per heavy atom. The lowest BCUT2D eigenvalue weighted by atomic mass is 10.3. The number of hydrogen-bond donors (Lipinski definition) is 1. The third-order valence-corrected chi connectivity index (χ3v) is 3.21. The number of amides is 1. The zero-order valence-corrected chi connectivity index (χ0v) is 13.7. The minimum absolute atomic E-state index is 0.0902. The van der Waals surface area contributed by atoms with Gasteiger partial charge in [0.15, 0.2) is 6.61 Å². The molecule has 0 saturated carbocycles. The summed E-state index contributed by atoms with van der Waals surface area (Å²) in [5, 5.41) is 13.5. The third kappa shape index (κ3) is 4.53. The fourth-order valence-electron chi connectivity index (χ4n) is 2.01. The second-order valence-electron chi connectivity index (χ2n) is 5.45. The lowest BCUT2D eigenvalue weighted by molar-refractivity contribution is -0.391. The zero-order chi connectivity index (χ0) is 17.7. The predicted molar refractivity (Wildman–Crippen MR) is 87.8 cm³/mol. The highest BCUT2D eigenvalue weighted by atomic mass is 16.6. The van der Waals surface area contributed by atoms with E-state index in [-0.39, 0.29) is 18.3 Å². The van der Waals surface area contributed by atoms with Gasteiger partial charge in [-0.15, -0.1) is 0 Å². The first kappa shape index (κ1) is 17.4. The van der Waals surface area contributed by atoms with Crippen LogP contribution in [0.3, 0.4) is 0 Å². The quantitative estimate of drug-likeness (QED) is 0.607. The molecule has 0 unspecified atom stereocenters. The van der Waals surface area contributed by atoms with Crippen LogP contribution in [0.2, 0.25) is 0 Å². The van der Waals surface area contributed by atoms with Gasteiger partial charge < -0.3 is 25.1 Å². The van der Waals surface area contributed by atoms with Crippen molar-refractivity contribution in [2.24, 2.45) is 7.05 Å². The minimum atomic E-state index is -0.498. The molecule has 128 valence electrons. The van der Waals surface area contributed by atoms with Crippen molar-refractivity contribution in [3.05, 3.63) is 46.4 Å². The van der Waals surface area contributed by atoms with E-state index >= 15 is 0 Å². The summed E-state index contributed by atoms with van der Waals surface area (Å²) in [6.07, 6.45) is 1.20. The summed E-state index contributed by atoms with van der Waals surface area (Å²) in [7, 11) is 5.20. The van der Waals surface area contributed by atoms with Crippen molar-refractivity contribution >= 4 is 17.4 Å². The Kier molecular flexibility index (Phi) is 5.48. The van der Waals surface area contributed by atoms with E-state index in [0.29, 0.717) is 23.8 Å². The molecular formula is C15H19N5O4. The molecule has 1 amide bonds. The van der Waals surface area contributed by atoms with Crippen molar-refractivity contribution in [1.82, 2.24) is 14.5 Å². The monoisotopic (exact) mass is 333 g/mol. The first-order chi connectivity index (χ1) is 11.4. The Hall–Kier alpha value is -2.94. The molecule has 0 bridgehead atoms. The number of imidazole rings is 1. The van der Waals surface area contributed by atoms with Crippen molar-refractivity contribution in [2.45, 2.75) is 6.61 Å². The third-order valence-electron chi connectivity index (χ3n) is 3.21. The fraction of sp³-hybridized carbons (Fsp3) is 0.333. The number of aromatic nitrogens is 2. The maximum Gasteiger partial charge on any atom is 0.342 e. The summed E-state index contributed by atoms with van der Waals surface area (Å²) in [5.41, 5.74) is 0.668. The number of ether oxygens (including phenoxy) is 1. The van der Waals surface area contributed by atoms with Gasteiger partial charge in [-0.05, 0) is 43.3 Å². The van der Waals surface area contributed by atoms with Crippen LogP contribution in [0.4, 0.5) is 11.5 Å². The molecule has 0 atom stereocenters. The Labute approximate surface area is 139 Å². The summed E-state index contributed by atoms with van der Waals surface area (Å²) in [5.74, 6) is 0.831. The van der Waals surface area contributed by atoms with Gasteiger partial charge >= 0.3 is 5.82 Å². The normalized spacial score (nSPS) is 10.7. The average molecular weight is 333 g/mol. The lowest BCUT2D eigenvalue weighted by Crippen LogP contribution is -2.27. The summed E-state index contributed by atoms with van der Waals surface area (Å²) < 4.78 is 6.93. The standard InChI is InChI=1S/C15H19N5O4/c1-18(2)9-14(21)17-11-4-6-12(7-5-11)24-10-13-16-8-15(19(13)3)20(22)23/h4-8H,9-10H2,1-3H3,(H,17,21). The topological polar surface area (TPSA) is 103 Å². The van der Waals surface area contributed by atoms with Crippen LogP contribution in [0.25, 0.3) is 0 Å². The summed E-state index contributed by atoms with van der Waals surface area (Å²) in [6.45, 7) is 0.410. The van der Waals surface area contributed by atoms with Crippen LogP contribution in [0.15, 0.2) is 30.5 Å². The minimum Gasteiger partial charge on any atom is -0.483 e. The molecule has 24 heavy (non-hydrogen) atoms. The number of rotatable bonds is 7. The molecule has 1 aromatic heterocycles. The van der Waals surface area contributed by atoms with Crippen LogP contribution < -0.4 is 10.1 Å². The Balaban J connectivity index is 1.92. The van der Waals surface area contributed by atoms with Crippen molar-refractivity contribution in [3.8, 4) is 5.75 Å². The number of nitrogens with zero attached hydrogens (tertiary/aromatic N) is 4. The second-order valence-corrected chi connectivity index (χ2v) is 5.45. The molecule has 1 aromatic carbocycles. The van der Waals surface area contributed by atoms with Gasteiger partial charge in [0.05, 0.1) is 13.6 Å². The van der Waals surface area contributed by atoms with Gasteiger partial charge in [-0.2, -0.15) is 0 Å². The largest absolute Gasteiger partial charge is 0.483 e. The highest BCUT2D eigenvalue weighted by molar-refractivity contribution is 5.92. The van der Waals surface area contributed by atoms with Crippen LogP contribution in [0.5, 0.6) is 5.75 Å². The maximum atomic E-state index is 11.7. The summed E-state index contributed by atoms with van der Waals surface area (Å²) in [6, 6.07) is 6.87. The molecule has 0 aliphatic heterocycles. The molecule has 2 rings (SSSR count). The molecule has 0 spiro atoms. The smallest absolute Gasteiger partial charge is 0.342 e. The van der Waals surface area contributed by atoms with Crippen LogP contribution in [0.1, 0.15) is 5.82 Å². The number of carbonyl (C=O) groups is 1. The van der Waals surface area contributed by atoms with Gasteiger partial charge in [0, 0.05) is 5.69 Å². The van der Waals surface area contributed by atoms with Crippen molar-refractivity contribution in [2.75, 3.05) is 26.0 Å². The highest BCUT2D eigenvalue weighted by Crippen LogP contribution is 2.18. The molecule has 0 aliphatic rings. The summed E-state index contributed by atoms with van der Waals surface area (Å²) in [4.78, 5) is 27.7. The van der Waals surface area contributed by atoms with E-state index < -0.39 is 4.92 Å². The molecule has 1 N–H and O–H groups in total. The van der Waals surface area contributed by atoms with Crippen LogP contribution in [-0.2, 0) is 18.4 Å². The molecular weight excluding hydrogens is 314 g/mol. The zero-order valence-electron chi connectivity index (χ0n) is 13.7. The average Bonchev–Trinajstić information content (AvgIpc) is 2.87. The van der Waals surface area contributed by atoms with Crippen molar-refractivity contribution in [3.63, 3.8) is 0 Å². The molecule has 2 aromatic rings.